The molecule has 92 valence electrons. The van der Waals surface area contributed by atoms with Gasteiger partial charge in [0.05, 0.1) is 4.92 Å². The Labute approximate surface area is 99.0 Å². The van der Waals surface area contributed by atoms with Gasteiger partial charge in [0.25, 0.3) is 0 Å². The van der Waals surface area contributed by atoms with Gasteiger partial charge in [-0.15, -0.1) is 0 Å². The van der Waals surface area contributed by atoms with Crippen molar-refractivity contribution in [2.45, 2.75) is 0 Å². The first-order valence-corrected chi connectivity index (χ1v) is 4.65. The van der Waals surface area contributed by atoms with Crippen molar-refractivity contribution in [1.29, 1.82) is 0 Å². The van der Waals surface area contributed by atoms with Crippen LogP contribution in [0.5, 0.6) is 11.8 Å². The summed E-state index contributed by atoms with van der Waals surface area (Å²) < 4.78 is 30.8. The first-order chi connectivity index (χ1) is 8.56. The molecule has 0 saturated carbocycles. The van der Waals surface area contributed by atoms with Gasteiger partial charge in [-0.1, -0.05) is 0 Å². The van der Waals surface area contributed by atoms with Crippen molar-refractivity contribution >= 4 is 5.69 Å². The SMILES string of the molecule is O=[N+]([O-])c1cnc(Oc2ccc(F)cc2F)nc1. The highest BCUT2D eigenvalue weighted by Gasteiger charge is 2.10. The fourth-order valence-corrected chi connectivity index (χ4v) is 1.11. The summed E-state index contributed by atoms with van der Waals surface area (Å²) in [7, 11) is 0. The Bertz CT molecular complexity index is 589. The Morgan fingerprint density at radius 1 is 1.22 bits per heavy atom. The molecule has 0 unspecified atom stereocenters. The lowest BCUT2D eigenvalue weighted by atomic mass is 10.3. The molecular weight excluding hydrogens is 248 g/mol. The zero-order valence-corrected chi connectivity index (χ0v) is 8.71. The van der Waals surface area contributed by atoms with Crippen LogP contribution in [0.15, 0.2) is 30.6 Å². The first kappa shape index (κ1) is 11.8. The van der Waals surface area contributed by atoms with E-state index in [0.717, 1.165) is 24.5 Å². The van der Waals surface area contributed by atoms with Crippen LogP contribution in [0.1, 0.15) is 0 Å². The van der Waals surface area contributed by atoms with Crippen LogP contribution in [0, 0.1) is 21.7 Å². The topological polar surface area (TPSA) is 78.2 Å². The smallest absolute Gasteiger partial charge is 0.322 e. The number of hydrogen-bond donors (Lipinski definition) is 0. The molecule has 2 rings (SSSR count). The molecule has 1 aromatic heterocycles. The zero-order chi connectivity index (χ0) is 13.1. The highest BCUT2D eigenvalue weighted by atomic mass is 19.1. The van der Waals surface area contributed by atoms with Crippen LogP contribution in [0.2, 0.25) is 0 Å². The number of ether oxygens (including phenoxy) is 1. The average Bonchev–Trinajstić information content (AvgIpc) is 2.33. The Morgan fingerprint density at radius 3 is 2.44 bits per heavy atom. The summed E-state index contributed by atoms with van der Waals surface area (Å²) in [5.41, 5.74) is -0.318. The van der Waals surface area contributed by atoms with Gasteiger partial charge >= 0.3 is 11.7 Å². The Morgan fingerprint density at radius 2 is 1.89 bits per heavy atom. The van der Waals surface area contributed by atoms with Crippen molar-refractivity contribution in [2.75, 3.05) is 0 Å². The Hall–Kier alpha value is -2.64. The molecule has 8 heteroatoms. The van der Waals surface area contributed by atoms with E-state index in [2.05, 4.69) is 9.97 Å². The van der Waals surface area contributed by atoms with Crippen molar-refractivity contribution in [3.63, 3.8) is 0 Å². The number of nitro groups is 1. The second-order valence-electron chi connectivity index (χ2n) is 3.16. The molecule has 0 atom stereocenters. The minimum atomic E-state index is -0.919. The molecule has 0 radical (unpaired) electrons. The lowest BCUT2D eigenvalue weighted by Gasteiger charge is -2.03. The van der Waals surface area contributed by atoms with E-state index in [4.69, 9.17) is 4.74 Å². The third-order valence-corrected chi connectivity index (χ3v) is 1.92. The second kappa shape index (κ2) is 4.70. The van der Waals surface area contributed by atoms with Gasteiger partial charge in [0.2, 0.25) is 0 Å². The number of hydrogen-bond acceptors (Lipinski definition) is 5. The fourth-order valence-electron chi connectivity index (χ4n) is 1.11. The van der Waals surface area contributed by atoms with E-state index in [0.29, 0.717) is 6.07 Å². The second-order valence-corrected chi connectivity index (χ2v) is 3.16. The summed E-state index contributed by atoms with van der Waals surface area (Å²) in [6.07, 6.45) is 1.84. The number of rotatable bonds is 3. The molecule has 0 fully saturated rings. The number of aromatic nitrogens is 2. The average molecular weight is 253 g/mol. The summed E-state index contributed by atoms with van der Waals surface area (Å²) in [6.45, 7) is 0. The van der Waals surface area contributed by atoms with Gasteiger partial charge in [0.1, 0.15) is 18.2 Å². The summed E-state index contributed by atoms with van der Waals surface area (Å²) in [5.74, 6) is -1.94. The molecule has 0 amide bonds. The van der Waals surface area contributed by atoms with E-state index < -0.39 is 16.6 Å². The predicted octanol–water partition coefficient (Wildman–Crippen LogP) is 2.46. The molecular formula is C10H5F2N3O3. The molecule has 18 heavy (non-hydrogen) atoms. The normalized spacial score (nSPS) is 10.1. The number of benzene rings is 1. The lowest BCUT2D eigenvalue weighted by molar-refractivity contribution is -0.385. The maximum absolute atomic E-state index is 13.2. The van der Waals surface area contributed by atoms with Crippen LogP contribution < -0.4 is 4.74 Å². The maximum Gasteiger partial charge on any atom is 0.322 e. The van der Waals surface area contributed by atoms with Crippen LogP contribution in [0.4, 0.5) is 14.5 Å². The highest BCUT2D eigenvalue weighted by molar-refractivity contribution is 5.28. The zero-order valence-electron chi connectivity index (χ0n) is 8.71. The number of halogens is 2. The van der Waals surface area contributed by atoms with Gasteiger partial charge in [-0.3, -0.25) is 10.1 Å². The molecule has 6 nitrogen and oxygen atoms in total. The van der Waals surface area contributed by atoms with Gasteiger partial charge in [-0.05, 0) is 12.1 Å². The molecule has 0 aliphatic heterocycles. The third kappa shape index (κ3) is 2.54. The van der Waals surface area contributed by atoms with Gasteiger partial charge in [0.15, 0.2) is 11.6 Å². The Kier molecular flexibility index (Phi) is 3.09. The Balaban J connectivity index is 2.21. The molecule has 0 N–H and O–H groups in total. The van der Waals surface area contributed by atoms with Crippen molar-refractivity contribution in [3.8, 4) is 11.8 Å². The van der Waals surface area contributed by atoms with Crippen LogP contribution in [-0.2, 0) is 0 Å². The highest BCUT2D eigenvalue weighted by Crippen LogP contribution is 2.22. The monoisotopic (exact) mass is 253 g/mol. The standard InChI is InChI=1S/C10H5F2N3O3/c11-6-1-2-9(8(12)3-6)18-10-13-4-7(5-14-10)15(16)17/h1-5H. The first-order valence-electron chi connectivity index (χ1n) is 4.65. The molecule has 0 aliphatic carbocycles. The van der Waals surface area contributed by atoms with E-state index >= 15 is 0 Å². The molecule has 0 aliphatic rings. The fraction of sp³-hybridized carbons (Fsp3) is 0. The minimum Gasteiger partial charge on any atom is -0.421 e. The molecule has 0 saturated heterocycles. The van der Waals surface area contributed by atoms with E-state index in [-0.39, 0.29) is 17.4 Å². The van der Waals surface area contributed by atoms with Gasteiger partial charge in [-0.25, -0.2) is 8.78 Å². The minimum absolute atomic E-state index is 0.272. The van der Waals surface area contributed by atoms with E-state index in [1.165, 1.54) is 0 Å². The van der Waals surface area contributed by atoms with Crippen molar-refractivity contribution < 1.29 is 18.4 Å². The quantitative estimate of drug-likeness (QED) is 0.620. The molecule has 0 spiro atoms. The van der Waals surface area contributed by atoms with Gasteiger partial charge in [-0.2, -0.15) is 9.97 Å². The summed E-state index contributed by atoms with van der Waals surface area (Å²) >= 11 is 0. The maximum atomic E-state index is 13.2. The van der Waals surface area contributed by atoms with Crippen LogP contribution in [-0.4, -0.2) is 14.9 Å². The predicted molar refractivity (Wildman–Crippen MR) is 55.1 cm³/mol. The van der Waals surface area contributed by atoms with Crippen LogP contribution in [0.3, 0.4) is 0 Å². The molecule has 1 heterocycles. The van der Waals surface area contributed by atoms with Crippen LogP contribution in [0.25, 0.3) is 0 Å². The van der Waals surface area contributed by atoms with Crippen molar-refractivity contribution in [3.05, 3.63) is 52.3 Å². The third-order valence-electron chi connectivity index (χ3n) is 1.92. The molecule has 0 bridgehead atoms. The summed E-state index contributed by atoms with van der Waals surface area (Å²) in [4.78, 5) is 16.7. The molecule has 1 aromatic carbocycles. The van der Waals surface area contributed by atoms with Gasteiger partial charge in [0, 0.05) is 6.07 Å². The van der Waals surface area contributed by atoms with Crippen LogP contribution >= 0.6 is 0 Å². The van der Waals surface area contributed by atoms with Crippen molar-refractivity contribution in [1.82, 2.24) is 9.97 Å². The van der Waals surface area contributed by atoms with Gasteiger partial charge < -0.3 is 4.74 Å². The number of nitrogens with zero attached hydrogens (tertiary/aromatic N) is 3. The van der Waals surface area contributed by atoms with E-state index in [9.17, 15) is 18.9 Å². The van der Waals surface area contributed by atoms with Crippen molar-refractivity contribution in [2.24, 2.45) is 0 Å². The van der Waals surface area contributed by atoms with E-state index in [1.807, 2.05) is 0 Å². The molecule has 2 aromatic rings. The largest absolute Gasteiger partial charge is 0.421 e. The lowest BCUT2D eigenvalue weighted by Crippen LogP contribution is -1.96. The summed E-state index contributed by atoms with van der Waals surface area (Å²) in [5, 5.41) is 10.3. The summed E-state index contributed by atoms with van der Waals surface area (Å²) in [6, 6.07) is 2.44. The van der Waals surface area contributed by atoms with E-state index in [1.54, 1.807) is 0 Å².